The molecule has 0 aliphatic carbocycles. The van der Waals surface area contributed by atoms with Gasteiger partial charge in [0.05, 0.1) is 6.42 Å². The molecule has 6 nitrogen and oxygen atoms in total. The molecule has 0 atom stereocenters. The van der Waals surface area contributed by atoms with E-state index in [0.29, 0.717) is 0 Å². The molecule has 1 N–H and O–H groups in total. The molecule has 0 saturated carbocycles. The Bertz CT molecular complexity index is 269. The van der Waals surface area contributed by atoms with Gasteiger partial charge in [0, 0.05) is 31.7 Å². The Balaban J connectivity index is 0. The fourth-order valence-electron chi connectivity index (χ4n) is 1.02. The van der Waals surface area contributed by atoms with Gasteiger partial charge in [0.2, 0.25) is 0 Å². The number of carboxylic acid groups (broad SMARTS) is 2. The fourth-order valence-corrected chi connectivity index (χ4v) is 1.02. The van der Waals surface area contributed by atoms with Crippen molar-refractivity contribution in [2.45, 2.75) is 38.5 Å². The summed E-state index contributed by atoms with van der Waals surface area (Å²) in [6.07, 6.45) is -0.892. The summed E-state index contributed by atoms with van der Waals surface area (Å²) in [6.45, 7) is 0. The first-order valence-corrected chi connectivity index (χ1v) is 4.87. The third-order valence-electron chi connectivity index (χ3n) is 1.91. The molecule has 0 saturated heterocycles. The SMILES string of the molecule is O=C([O-])CCC(=O)CCC(=O)CCC(=O)O.[Na+]. The summed E-state index contributed by atoms with van der Waals surface area (Å²) < 4.78 is 0. The maximum Gasteiger partial charge on any atom is 1.00 e. The van der Waals surface area contributed by atoms with Crippen LogP contribution in [0.1, 0.15) is 38.5 Å². The number of ketones is 2. The molecule has 0 aliphatic rings. The van der Waals surface area contributed by atoms with Gasteiger partial charge in [-0.25, -0.2) is 0 Å². The number of rotatable bonds is 9. The van der Waals surface area contributed by atoms with E-state index in [-0.39, 0.29) is 79.6 Å². The van der Waals surface area contributed by atoms with E-state index in [1.54, 1.807) is 0 Å². The number of aliphatic carboxylic acids is 2. The Morgan fingerprint density at radius 2 is 1.12 bits per heavy atom. The van der Waals surface area contributed by atoms with Crippen LogP contribution in [-0.4, -0.2) is 28.6 Å². The smallest absolute Gasteiger partial charge is 0.550 e. The number of carbonyl (C=O) groups is 4. The molecule has 0 aliphatic heterocycles. The van der Waals surface area contributed by atoms with Gasteiger partial charge in [0.1, 0.15) is 11.6 Å². The summed E-state index contributed by atoms with van der Waals surface area (Å²) in [5.74, 6) is -2.99. The van der Waals surface area contributed by atoms with Crippen LogP contribution in [0.5, 0.6) is 0 Å². The second-order valence-electron chi connectivity index (χ2n) is 3.34. The van der Waals surface area contributed by atoms with E-state index in [9.17, 15) is 24.3 Å². The van der Waals surface area contributed by atoms with Gasteiger partial charge in [-0.3, -0.25) is 14.4 Å². The molecule has 0 fully saturated rings. The third-order valence-corrected chi connectivity index (χ3v) is 1.91. The van der Waals surface area contributed by atoms with Gasteiger partial charge < -0.3 is 15.0 Å². The minimum atomic E-state index is -1.30. The molecular formula is C10H13NaO6. The summed E-state index contributed by atoms with van der Waals surface area (Å²) >= 11 is 0. The van der Waals surface area contributed by atoms with Crippen molar-refractivity contribution >= 4 is 23.5 Å². The van der Waals surface area contributed by atoms with Crippen molar-refractivity contribution in [1.29, 1.82) is 0 Å². The van der Waals surface area contributed by atoms with Crippen LogP contribution in [-0.2, 0) is 19.2 Å². The van der Waals surface area contributed by atoms with Crippen molar-refractivity contribution in [3.8, 4) is 0 Å². The van der Waals surface area contributed by atoms with E-state index in [2.05, 4.69) is 0 Å². The maximum absolute atomic E-state index is 11.0. The van der Waals surface area contributed by atoms with E-state index in [4.69, 9.17) is 5.11 Å². The van der Waals surface area contributed by atoms with Gasteiger partial charge in [-0.15, -0.1) is 0 Å². The van der Waals surface area contributed by atoms with Crippen LogP contribution in [0.4, 0.5) is 0 Å². The first-order valence-electron chi connectivity index (χ1n) is 4.87. The van der Waals surface area contributed by atoms with E-state index in [1.807, 2.05) is 0 Å². The van der Waals surface area contributed by atoms with E-state index in [1.165, 1.54) is 0 Å². The van der Waals surface area contributed by atoms with Crippen LogP contribution in [0.15, 0.2) is 0 Å². The summed E-state index contributed by atoms with van der Waals surface area (Å²) in [6, 6.07) is 0. The second kappa shape index (κ2) is 10.4. The van der Waals surface area contributed by atoms with Gasteiger partial charge in [-0.1, -0.05) is 0 Å². The number of carboxylic acids is 2. The summed E-state index contributed by atoms with van der Waals surface area (Å²) in [5, 5.41) is 18.3. The van der Waals surface area contributed by atoms with Crippen LogP contribution in [0.3, 0.4) is 0 Å². The molecule has 90 valence electrons. The quantitative estimate of drug-likeness (QED) is 0.423. The van der Waals surface area contributed by atoms with Gasteiger partial charge in [0.25, 0.3) is 0 Å². The molecule has 0 aromatic heterocycles. The van der Waals surface area contributed by atoms with Crippen LogP contribution in [0.2, 0.25) is 0 Å². The van der Waals surface area contributed by atoms with Crippen LogP contribution >= 0.6 is 0 Å². The second-order valence-corrected chi connectivity index (χ2v) is 3.34. The molecule has 0 aromatic rings. The molecule has 0 amide bonds. The molecule has 0 radical (unpaired) electrons. The number of Topliss-reactive ketones (excluding diaryl/α,β-unsaturated/α-hetero) is 2. The predicted octanol–water partition coefficient (Wildman–Crippen LogP) is -3.70. The molecule has 0 rings (SSSR count). The zero-order valence-corrected chi connectivity index (χ0v) is 11.7. The van der Waals surface area contributed by atoms with Crippen LogP contribution < -0.4 is 34.7 Å². The molecule has 17 heavy (non-hydrogen) atoms. The van der Waals surface area contributed by atoms with Crippen LogP contribution in [0.25, 0.3) is 0 Å². The average Bonchev–Trinajstić information content (AvgIpc) is 2.20. The van der Waals surface area contributed by atoms with E-state index < -0.39 is 11.9 Å². The van der Waals surface area contributed by atoms with Gasteiger partial charge in [-0.2, -0.15) is 0 Å². The Hall–Kier alpha value is -0.720. The Kier molecular flexibility index (Phi) is 11.4. The Morgan fingerprint density at radius 3 is 1.47 bits per heavy atom. The molecule has 7 heteroatoms. The Labute approximate surface area is 121 Å². The van der Waals surface area contributed by atoms with Crippen molar-refractivity contribution in [3.05, 3.63) is 0 Å². The maximum atomic E-state index is 11.0. The van der Waals surface area contributed by atoms with Crippen molar-refractivity contribution < 1.29 is 58.9 Å². The molecular weight excluding hydrogens is 239 g/mol. The van der Waals surface area contributed by atoms with E-state index in [0.717, 1.165) is 0 Å². The van der Waals surface area contributed by atoms with Gasteiger partial charge in [-0.05, 0) is 6.42 Å². The van der Waals surface area contributed by atoms with Crippen molar-refractivity contribution in [2.24, 2.45) is 0 Å². The molecule has 0 heterocycles. The predicted molar refractivity (Wildman–Crippen MR) is 50.4 cm³/mol. The number of carbonyl (C=O) groups excluding carboxylic acids is 3. The summed E-state index contributed by atoms with van der Waals surface area (Å²) in [5.41, 5.74) is 0. The minimum absolute atomic E-state index is 0. The topological polar surface area (TPSA) is 112 Å². The standard InChI is InChI=1S/C10H14O6.Na/c11-7(3-5-9(13)14)1-2-8(12)4-6-10(15)16;/h1-6H2,(H,13,14)(H,15,16);/q;+1/p-1. The van der Waals surface area contributed by atoms with Gasteiger partial charge in [0.15, 0.2) is 0 Å². The number of hydrogen-bond donors (Lipinski definition) is 1. The van der Waals surface area contributed by atoms with Crippen molar-refractivity contribution in [1.82, 2.24) is 0 Å². The monoisotopic (exact) mass is 252 g/mol. The number of hydrogen-bond acceptors (Lipinski definition) is 5. The summed E-state index contributed by atoms with van der Waals surface area (Å²) in [7, 11) is 0. The van der Waals surface area contributed by atoms with Crippen LogP contribution in [0, 0.1) is 0 Å². The summed E-state index contributed by atoms with van der Waals surface area (Å²) in [4.78, 5) is 42.2. The Morgan fingerprint density at radius 1 is 0.765 bits per heavy atom. The van der Waals surface area contributed by atoms with Crippen molar-refractivity contribution in [2.75, 3.05) is 0 Å². The first-order chi connectivity index (χ1) is 7.41. The molecule has 0 bridgehead atoms. The van der Waals surface area contributed by atoms with Crippen molar-refractivity contribution in [3.63, 3.8) is 0 Å². The zero-order chi connectivity index (χ0) is 12.6. The van der Waals surface area contributed by atoms with Gasteiger partial charge >= 0.3 is 35.5 Å². The fraction of sp³-hybridized carbons (Fsp3) is 0.600. The zero-order valence-electron chi connectivity index (χ0n) is 9.73. The molecule has 0 unspecified atom stereocenters. The largest absolute Gasteiger partial charge is 1.00 e. The molecule has 0 aromatic carbocycles. The first kappa shape index (κ1) is 18.6. The average molecular weight is 252 g/mol. The third kappa shape index (κ3) is 13.2. The normalized spacial score (nSPS) is 9.18. The minimum Gasteiger partial charge on any atom is -0.550 e. The van der Waals surface area contributed by atoms with E-state index >= 15 is 0 Å². The molecule has 0 spiro atoms.